The van der Waals surface area contributed by atoms with Gasteiger partial charge in [-0.2, -0.15) is 0 Å². The predicted octanol–water partition coefficient (Wildman–Crippen LogP) is 0.177. The third-order valence-electron chi connectivity index (χ3n) is 3.83. The molecule has 7 heteroatoms. The van der Waals surface area contributed by atoms with Crippen LogP contribution in [0.25, 0.3) is 0 Å². The minimum absolute atomic E-state index is 0.265. The molecule has 21 heavy (non-hydrogen) atoms. The van der Waals surface area contributed by atoms with Crippen LogP contribution >= 0.6 is 0 Å². The summed E-state index contributed by atoms with van der Waals surface area (Å²) in [7, 11) is 3.16. The van der Waals surface area contributed by atoms with E-state index in [4.69, 9.17) is 0 Å². The van der Waals surface area contributed by atoms with Gasteiger partial charge in [-0.05, 0) is 18.6 Å². The fourth-order valence-corrected chi connectivity index (χ4v) is 2.66. The van der Waals surface area contributed by atoms with Crippen molar-refractivity contribution in [2.45, 2.75) is 13.5 Å². The van der Waals surface area contributed by atoms with Gasteiger partial charge in [0.2, 0.25) is 0 Å². The van der Waals surface area contributed by atoms with E-state index in [1.165, 1.54) is 11.6 Å². The van der Waals surface area contributed by atoms with Gasteiger partial charge in [-0.3, -0.25) is 13.9 Å². The molecule has 3 rings (SSSR count). The number of pyridine rings is 1. The summed E-state index contributed by atoms with van der Waals surface area (Å²) in [6.07, 6.45) is 1.73. The summed E-state index contributed by atoms with van der Waals surface area (Å²) in [5, 5.41) is 3.15. The second-order valence-electron chi connectivity index (χ2n) is 5.21. The Morgan fingerprint density at radius 1 is 1.24 bits per heavy atom. The van der Waals surface area contributed by atoms with Gasteiger partial charge in [0, 0.05) is 20.3 Å². The van der Waals surface area contributed by atoms with Crippen LogP contribution in [0.3, 0.4) is 0 Å². The lowest BCUT2D eigenvalue weighted by atomic mass is 10.2. The molecule has 0 bridgehead atoms. The van der Waals surface area contributed by atoms with Crippen molar-refractivity contribution in [2.24, 2.45) is 14.1 Å². The first-order valence-electron chi connectivity index (χ1n) is 6.70. The molecule has 0 radical (unpaired) electrons. The van der Waals surface area contributed by atoms with E-state index in [0.29, 0.717) is 24.6 Å². The molecule has 0 aliphatic carbocycles. The van der Waals surface area contributed by atoms with Crippen LogP contribution in [0.15, 0.2) is 27.9 Å². The van der Waals surface area contributed by atoms with Crippen molar-refractivity contribution < 1.29 is 0 Å². The predicted molar refractivity (Wildman–Crippen MR) is 80.6 cm³/mol. The first-order valence-corrected chi connectivity index (χ1v) is 6.70. The fourth-order valence-electron chi connectivity index (χ4n) is 2.66. The molecule has 1 N–H and O–H groups in total. The van der Waals surface area contributed by atoms with Crippen molar-refractivity contribution in [3.63, 3.8) is 0 Å². The van der Waals surface area contributed by atoms with Gasteiger partial charge in [-0.1, -0.05) is 6.07 Å². The van der Waals surface area contributed by atoms with Crippen LogP contribution in [0, 0.1) is 6.92 Å². The Kier molecular flexibility index (Phi) is 3.04. The summed E-state index contributed by atoms with van der Waals surface area (Å²) in [5.74, 6) is 1.43. The second-order valence-corrected chi connectivity index (χ2v) is 5.21. The highest BCUT2D eigenvalue weighted by atomic mass is 16.2. The van der Waals surface area contributed by atoms with Crippen LogP contribution in [-0.4, -0.2) is 20.8 Å². The molecule has 3 heterocycles. The molecule has 110 valence electrons. The van der Waals surface area contributed by atoms with E-state index in [2.05, 4.69) is 10.3 Å². The van der Waals surface area contributed by atoms with Gasteiger partial charge >= 0.3 is 5.69 Å². The molecule has 0 atom stereocenters. The molecule has 0 saturated heterocycles. The molecular weight excluding hydrogens is 270 g/mol. The summed E-state index contributed by atoms with van der Waals surface area (Å²) < 4.78 is 2.61. The summed E-state index contributed by atoms with van der Waals surface area (Å²) in [4.78, 5) is 30.6. The Labute approximate surface area is 121 Å². The monoisotopic (exact) mass is 287 g/mol. The Bertz CT molecular complexity index is 821. The number of fused-ring (bicyclic) bond motifs is 1. The quantitative estimate of drug-likeness (QED) is 0.810. The minimum Gasteiger partial charge on any atom is -0.353 e. The van der Waals surface area contributed by atoms with Gasteiger partial charge in [-0.15, -0.1) is 0 Å². The average Bonchev–Trinajstić information content (AvgIpc) is 2.51. The first kappa shape index (κ1) is 13.4. The second kappa shape index (κ2) is 4.76. The Morgan fingerprint density at radius 3 is 2.71 bits per heavy atom. The standard InChI is InChI=1S/C14H17N5O2/c1-9-5-4-6-15-11(9)19-7-10-12(16-8-19)17(2)14(21)18(3)13(10)20/h4-6,16H,7-8H2,1-3H3. The largest absolute Gasteiger partial charge is 0.353 e. The summed E-state index contributed by atoms with van der Waals surface area (Å²) in [6, 6.07) is 3.86. The molecule has 0 amide bonds. The normalized spacial score (nSPS) is 13.8. The topological polar surface area (TPSA) is 72.2 Å². The van der Waals surface area contributed by atoms with E-state index in [1.54, 1.807) is 13.2 Å². The number of aromatic nitrogens is 3. The maximum atomic E-state index is 12.3. The van der Waals surface area contributed by atoms with Gasteiger partial charge in [0.25, 0.3) is 5.56 Å². The van der Waals surface area contributed by atoms with E-state index in [1.807, 2.05) is 24.0 Å². The van der Waals surface area contributed by atoms with Crippen molar-refractivity contribution in [1.29, 1.82) is 0 Å². The number of hydrogen-bond acceptors (Lipinski definition) is 5. The van der Waals surface area contributed by atoms with E-state index < -0.39 is 0 Å². The average molecular weight is 287 g/mol. The molecule has 0 saturated carbocycles. The number of rotatable bonds is 1. The number of anilines is 2. The first-order chi connectivity index (χ1) is 10.0. The highest BCUT2D eigenvalue weighted by molar-refractivity contribution is 5.55. The zero-order valence-corrected chi connectivity index (χ0v) is 12.3. The van der Waals surface area contributed by atoms with Crippen molar-refractivity contribution in [3.05, 3.63) is 50.3 Å². The van der Waals surface area contributed by atoms with Crippen molar-refractivity contribution in [2.75, 3.05) is 16.9 Å². The third-order valence-corrected chi connectivity index (χ3v) is 3.83. The molecule has 0 aromatic carbocycles. The highest BCUT2D eigenvalue weighted by Crippen LogP contribution is 2.23. The zero-order chi connectivity index (χ0) is 15.1. The van der Waals surface area contributed by atoms with Gasteiger partial charge in [0.1, 0.15) is 11.6 Å². The number of nitrogens with zero attached hydrogens (tertiary/aromatic N) is 4. The molecule has 0 spiro atoms. The van der Waals surface area contributed by atoms with E-state index in [9.17, 15) is 9.59 Å². The van der Waals surface area contributed by atoms with Gasteiger partial charge in [-0.25, -0.2) is 9.78 Å². The summed E-state index contributed by atoms with van der Waals surface area (Å²) in [6.45, 7) is 2.92. The van der Waals surface area contributed by atoms with Crippen LogP contribution in [0.1, 0.15) is 11.1 Å². The van der Waals surface area contributed by atoms with Crippen molar-refractivity contribution in [3.8, 4) is 0 Å². The van der Waals surface area contributed by atoms with Gasteiger partial charge < -0.3 is 10.2 Å². The van der Waals surface area contributed by atoms with Crippen molar-refractivity contribution in [1.82, 2.24) is 14.1 Å². The highest BCUT2D eigenvalue weighted by Gasteiger charge is 2.24. The third kappa shape index (κ3) is 2.01. The van der Waals surface area contributed by atoms with E-state index in [-0.39, 0.29) is 11.2 Å². The molecule has 0 fully saturated rings. The number of aryl methyl sites for hydroxylation is 1. The zero-order valence-electron chi connectivity index (χ0n) is 12.3. The molecule has 7 nitrogen and oxygen atoms in total. The number of nitrogens with one attached hydrogen (secondary N) is 1. The van der Waals surface area contributed by atoms with Crippen molar-refractivity contribution >= 4 is 11.6 Å². The Morgan fingerprint density at radius 2 is 2.00 bits per heavy atom. The minimum atomic E-state index is -0.325. The Hall–Kier alpha value is -2.57. The molecule has 2 aromatic heterocycles. The van der Waals surface area contributed by atoms with Gasteiger partial charge in [0.05, 0.1) is 18.8 Å². The lowest BCUT2D eigenvalue weighted by molar-refractivity contribution is 0.645. The maximum absolute atomic E-state index is 12.3. The van der Waals surface area contributed by atoms with Crippen LogP contribution < -0.4 is 21.5 Å². The van der Waals surface area contributed by atoms with Crippen LogP contribution in [0.4, 0.5) is 11.6 Å². The fraction of sp³-hybridized carbons (Fsp3) is 0.357. The molecule has 1 aliphatic heterocycles. The molecule has 0 unspecified atom stereocenters. The van der Waals surface area contributed by atoms with Crippen LogP contribution in [-0.2, 0) is 20.6 Å². The SMILES string of the molecule is Cc1cccnc1N1CNc2c(c(=O)n(C)c(=O)n2C)C1. The van der Waals surface area contributed by atoms with E-state index >= 15 is 0 Å². The lowest BCUT2D eigenvalue weighted by Crippen LogP contribution is -2.46. The Balaban J connectivity index is 2.10. The number of hydrogen-bond donors (Lipinski definition) is 1. The maximum Gasteiger partial charge on any atom is 0.332 e. The van der Waals surface area contributed by atoms with Crippen LogP contribution in [0.2, 0.25) is 0 Å². The summed E-state index contributed by atoms with van der Waals surface area (Å²) in [5.41, 5.74) is 1.04. The van der Waals surface area contributed by atoms with Crippen LogP contribution in [0.5, 0.6) is 0 Å². The molecular formula is C14H17N5O2. The van der Waals surface area contributed by atoms with E-state index in [0.717, 1.165) is 15.9 Å². The summed E-state index contributed by atoms with van der Waals surface area (Å²) >= 11 is 0. The smallest absolute Gasteiger partial charge is 0.332 e. The lowest BCUT2D eigenvalue weighted by Gasteiger charge is -2.32. The molecule has 1 aliphatic rings. The molecule has 2 aromatic rings. The van der Waals surface area contributed by atoms with Gasteiger partial charge in [0.15, 0.2) is 0 Å².